The van der Waals surface area contributed by atoms with Crippen LogP contribution in [0, 0.1) is 0 Å². The maximum atomic E-state index is 10.6. The van der Waals surface area contributed by atoms with Crippen LogP contribution in [0.3, 0.4) is 0 Å². The molecule has 0 fully saturated rings. The fourth-order valence-electron chi connectivity index (χ4n) is 1.42. The molecule has 1 aromatic carbocycles. The van der Waals surface area contributed by atoms with Gasteiger partial charge in [0.15, 0.2) is 0 Å². The normalized spacial score (nSPS) is 12.9. The molecular formula is C12H14O2. The fourth-order valence-corrected chi connectivity index (χ4v) is 1.42. The van der Waals surface area contributed by atoms with Gasteiger partial charge in [-0.05, 0) is 12.5 Å². The molecule has 0 saturated carbocycles. The van der Waals surface area contributed by atoms with Crippen LogP contribution in [0.4, 0.5) is 0 Å². The summed E-state index contributed by atoms with van der Waals surface area (Å²) < 4.78 is 0. The first-order valence-electron chi connectivity index (χ1n) is 4.63. The van der Waals surface area contributed by atoms with Gasteiger partial charge in [0.1, 0.15) is 0 Å². The largest absolute Gasteiger partial charge is 0.481 e. The van der Waals surface area contributed by atoms with Crippen LogP contribution in [0.1, 0.15) is 24.8 Å². The van der Waals surface area contributed by atoms with Gasteiger partial charge in [-0.2, -0.15) is 0 Å². The Kier molecular flexibility index (Phi) is 3.92. The Hall–Kier alpha value is -1.57. The summed E-state index contributed by atoms with van der Waals surface area (Å²) >= 11 is 0. The minimum atomic E-state index is -0.767. The third-order valence-corrected chi connectivity index (χ3v) is 2.05. The van der Waals surface area contributed by atoms with Crippen molar-refractivity contribution < 1.29 is 9.90 Å². The average molecular weight is 190 g/mol. The summed E-state index contributed by atoms with van der Waals surface area (Å²) in [6.45, 7) is 1.90. The van der Waals surface area contributed by atoms with E-state index in [4.69, 9.17) is 5.11 Å². The van der Waals surface area contributed by atoms with E-state index in [1.807, 2.05) is 49.4 Å². The van der Waals surface area contributed by atoms with E-state index in [0.29, 0.717) is 0 Å². The molecule has 0 aliphatic carbocycles. The van der Waals surface area contributed by atoms with E-state index >= 15 is 0 Å². The maximum Gasteiger partial charge on any atom is 0.304 e. The van der Waals surface area contributed by atoms with E-state index in [2.05, 4.69) is 0 Å². The molecule has 0 saturated heterocycles. The molecule has 1 unspecified atom stereocenters. The van der Waals surface area contributed by atoms with Crippen molar-refractivity contribution in [3.63, 3.8) is 0 Å². The quantitative estimate of drug-likeness (QED) is 0.741. The number of allylic oxidation sites excluding steroid dienone is 2. The van der Waals surface area contributed by atoms with Crippen molar-refractivity contribution in [2.75, 3.05) is 0 Å². The highest BCUT2D eigenvalue weighted by Crippen LogP contribution is 2.20. The second kappa shape index (κ2) is 5.22. The van der Waals surface area contributed by atoms with Crippen molar-refractivity contribution in [2.45, 2.75) is 19.3 Å². The summed E-state index contributed by atoms with van der Waals surface area (Å²) in [5, 5.41) is 8.74. The van der Waals surface area contributed by atoms with E-state index in [-0.39, 0.29) is 12.3 Å². The molecular weight excluding hydrogens is 176 g/mol. The van der Waals surface area contributed by atoms with Gasteiger partial charge in [0.25, 0.3) is 0 Å². The minimum Gasteiger partial charge on any atom is -0.481 e. The van der Waals surface area contributed by atoms with Gasteiger partial charge in [-0.15, -0.1) is 0 Å². The van der Waals surface area contributed by atoms with Crippen LogP contribution in [0.25, 0.3) is 0 Å². The molecule has 0 aliphatic rings. The molecule has 0 bridgehead atoms. The number of carboxylic acid groups (broad SMARTS) is 1. The fraction of sp³-hybridized carbons (Fsp3) is 0.250. The van der Waals surface area contributed by atoms with Crippen LogP contribution >= 0.6 is 0 Å². The standard InChI is InChI=1S/C12H14O2/c1-2-6-11(9-12(13)14)10-7-4-3-5-8-10/h2-8,11H,9H2,1H3,(H,13,14)/b6-2-. The monoisotopic (exact) mass is 190 g/mol. The molecule has 0 aromatic heterocycles. The molecule has 2 heteroatoms. The maximum absolute atomic E-state index is 10.6. The first kappa shape index (κ1) is 10.5. The summed E-state index contributed by atoms with van der Waals surface area (Å²) in [6, 6.07) is 9.68. The number of carbonyl (C=O) groups is 1. The van der Waals surface area contributed by atoms with Crippen LogP contribution < -0.4 is 0 Å². The molecule has 14 heavy (non-hydrogen) atoms. The summed E-state index contributed by atoms with van der Waals surface area (Å²) in [7, 11) is 0. The smallest absolute Gasteiger partial charge is 0.304 e. The summed E-state index contributed by atoms with van der Waals surface area (Å²) in [4.78, 5) is 10.6. The average Bonchev–Trinajstić information content (AvgIpc) is 2.18. The number of benzene rings is 1. The van der Waals surface area contributed by atoms with Crippen LogP contribution in [0.5, 0.6) is 0 Å². The van der Waals surface area contributed by atoms with Gasteiger partial charge in [-0.25, -0.2) is 0 Å². The summed E-state index contributed by atoms with van der Waals surface area (Å²) in [6.07, 6.45) is 3.96. The molecule has 1 N–H and O–H groups in total. The number of rotatable bonds is 4. The van der Waals surface area contributed by atoms with Gasteiger partial charge >= 0.3 is 5.97 Å². The lowest BCUT2D eigenvalue weighted by molar-refractivity contribution is -0.137. The van der Waals surface area contributed by atoms with E-state index in [1.165, 1.54) is 0 Å². The molecule has 2 nitrogen and oxygen atoms in total. The lowest BCUT2D eigenvalue weighted by Crippen LogP contribution is -2.03. The first-order valence-corrected chi connectivity index (χ1v) is 4.63. The molecule has 0 spiro atoms. The zero-order chi connectivity index (χ0) is 10.4. The molecule has 1 rings (SSSR count). The molecule has 0 aliphatic heterocycles. The summed E-state index contributed by atoms with van der Waals surface area (Å²) in [5.74, 6) is -0.782. The van der Waals surface area contributed by atoms with E-state index in [9.17, 15) is 4.79 Å². The van der Waals surface area contributed by atoms with Crippen molar-refractivity contribution in [2.24, 2.45) is 0 Å². The van der Waals surface area contributed by atoms with Crippen LogP contribution in [0.15, 0.2) is 42.5 Å². The Labute approximate surface area is 83.9 Å². The van der Waals surface area contributed by atoms with E-state index in [1.54, 1.807) is 0 Å². The topological polar surface area (TPSA) is 37.3 Å². The Morgan fingerprint density at radius 2 is 2.07 bits per heavy atom. The zero-order valence-electron chi connectivity index (χ0n) is 8.18. The lowest BCUT2D eigenvalue weighted by Gasteiger charge is -2.09. The Bertz CT molecular complexity index is 314. The van der Waals surface area contributed by atoms with Gasteiger partial charge < -0.3 is 5.11 Å². The zero-order valence-corrected chi connectivity index (χ0v) is 8.18. The highest BCUT2D eigenvalue weighted by atomic mass is 16.4. The van der Waals surface area contributed by atoms with Crippen LogP contribution in [0.2, 0.25) is 0 Å². The summed E-state index contributed by atoms with van der Waals surface area (Å²) in [5.41, 5.74) is 1.05. The number of hydrogen-bond donors (Lipinski definition) is 1. The van der Waals surface area contributed by atoms with Crippen molar-refractivity contribution in [1.29, 1.82) is 0 Å². The van der Waals surface area contributed by atoms with Crippen LogP contribution in [-0.4, -0.2) is 11.1 Å². The SMILES string of the molecule is C/C=C\C(CC(=O)O)c1ccccc1. The highest BCUT2D eigenvalue weighted by molar-refractivity contribution is 5.68. The van der Waals surface area contributed by atoms with Gasteiger partial charge in [-0.1, -0.05) is 42.5 Å². The number of carboxylic acids is 1. The number of hydrogen-bond acceptors (Lipinski definition) is 1. The Morgan fingerprint density at radius 1 is 1.43 bits per heavy atom. The van der Waals surface area contributed by atoms with Crippen molar-refractivity contribution >= 4 is 5.97 Å². The van der Waals surface area contributed by atoms with Crippen LogP contribution in [-0.2, 0) is 4.79 Å². The highest BCUT2D eigenvalue weighted by Gasteiger charge is 2.11. The van der Waals surface area contributed by atoms with E-state index < -0.39 is 5.97 Å². The molecule has 0 heterocycles. The molecule has 1 aromatic rings. The molecule has 1 atom stereocenters. The van der Waals surface area contributed by atoms with Gasteiger partial charge in [0.2, 0.25) is 0 Å². The minimum absolute atomic E-state index is 0.0151. The molecule has 0 radical (unpaired) electrons. The van der Waals surface area contributed by atoms with Gasteiger partial charge in [0.05, 0.1) is 6.42 Å². The number of aliphatic carboxylic acids is 1. The van der Waals surface area contributed by atoms with Crippen molar-refractivity contribution in [3.8, 4) is 0 Å². The first-order chi connectivity index (χ1) is 6.74. The van der Waals surface area contributed by atoms with Crippen molar-refractivity contribution in [3.05, 3.63) is 48.0 Å². The predicted molar refractivity (Wildman–Crippen MR) is 56.2 cm³/mol. The lowest BCUT2D eigenvalue weighted by atomic mass is 9.95. The molecule has 0 amide bonds. The Morgan fingerprint density at radius 3 is 2.57 bits per heavy atom. The molecule has 74 valence electrons. The van der Waals surface area contributed by atoms with Gasteiger partial charge in [-0.3, -0.25) is 4.79 Å². The third kappa shape index (κ3) is 3.05. The Balaban J connectivity index is 2.83. The van der Waals surface area contributed by atoms with Gasteiger partial charge in [0, 0.05) is 5.92 Å². The van der Waals surface area contributed by atoms with E-state index in [0.717, 1.165) is 5.56 Å². The second-order valence-electron chi connectivity index (χ2n) is 3.14. The predicted octanol–water partition coefficient (Wildman–Crippen LogP) is 2.82. The second-order valence-corrected chi connectivity index (χ2v) is 3.14. The third-order valence-electron chi connectivity index (χ3n) is 2.05. The van der Waals surface area contributed by atoms with Crippen molar-refractivity contribution in [1.82, 2.24) is 0 Å².